The summed E-state index contributed by atoms with van der Waals surface area (Å²) in [6, 6.07) is 8.16. The minimum absolute atomic E-state index is 0.0121. The molecule has 0 unspecified atom stereocenters. The second-order valence-electron chi connectivity index (χ2n) is 7.13. The minimum atomic E-state index is -3.76. The monoisotopic (exact) mass is 432 g/mol. The molecule has 1 N–H and O–H groups in total. The number of halogens is 2. The van der Waals surface area contributed by atoms with Crippen molar-refractivity contribution >= 4 is 26.9 Å². The predicted molar refractivity (Wildman–Crippen MR) is 107 cm³/mol. The van der Waals surface area contributed by atoms with Gasteiger partial charge in [-0.05, 0) is 49.2 Å². The van der Waals surface area contributed by atoms with E-state index < -0.39 is 27.6 Å². The van der Waals surface area contributed by atoms with E-state index >= 15 is 0 Å². The number of nitrogens with zero attached hydrogens (tertiary/aromatic N) is 2. The van der Waals surface area contributed by atoms with Crippen molar-refractivity contribution in [2.24, 2.45) is 0 Å². The molecule has 0 amide bonds. The van der Waals surface area contributed by atoms with Gasteiger partial charge >= 0.3 is 5.97 Å². The molecule has 1 aromatic heterocycles. The number of pyridine rings is 1. The third kappa shape index (κ3) is 3.66. The van der Waals surface area contributed by atoms with Gasteiger partial charge in [-0.15, -0.1) is 0 Å². The highest BCUT2D eigenvalue weighted by molar-refractivity contribution is 7.89. The normalized spacial score (nSPS) is 15.4. The van der Waals surface area contributed by atoms with Gasteiger partial charge in [0, 0.05) is 30.1 Å². The van der Waals surface area contributed by atoms with E-state index in [1.54, 1.807) is 0 Å². The van der Waals surface area contributed by atoms with E-state index in [1.807, 2.05) is 0 Å². The Morgan fingerprint density at radius 2 is 1.73 bits per heavy atom. The zero-order valence-electron chi connectivity index (χ0n) is 15.8. The summed E-state index contributed by atoms with van der Waals surface area (Å²) in [5.41, 5.74) is -0.0458. The quantitative estimate of drug-likeness (QED) is 0.672. The molecule has 1 aliphatic heterocycles. The zero-order chi connectivity index (χ0) is 21.5. The molecule has 2 heterocycles. The van der Waals surface area contributed by atoms with Crippen molar-refractivity contribution in [3.8, 4) is 11.3 Å². The maximum atomic E-state index is 14.2. The van der Waals surface area contributed by atoms with Crippen LogP contribution in [0.25, 0.3) is 22.2 Å². The lowest BCUT2D eigenvalue weighted by Gasteiger charge is -2.26. The van der Waals surface area contributed by atoms with E-state index in [-0.39, 0.29) is 32.6 Å². The maximum absolute atomic E-state index is 14.2. The van der Waals surface area contributed by atoms with Crippen LogP contribution in [0.1, 0.15) is 29.6 Å². The fraction of sp³-hybridized carbons (Fsp3) is 0.238. The third-order valence-corrected chi connectivity index (χ3v) is 7.07. The van der Waals surface area contributed by atoms with Crippen LogP contribution in [0.3, 0.4) is 0 Å². The maximum Gasteiger partial charge on any atom is 0.336 e. The number of sulfonamides is 1. The van der Waals surface area contributed by atoms with E-state index in [2.05, 4.69) is 4.98 Å². The van der Waals surface area contributed by atoms with Crippen molar-refractivity contribution < 1.29 is 27.1 Å². The van der Waals surface area contributed by atoms with Crippen molar-refractivity contribution in [2.45, 2.75) is 24.2 Å². The number of carboxylic acid groups (broad SMARTS) is 1. The second kappa shape index (κ2) is 7.73. The lowest BCUT2D eigenvalue weighted by Crippen LogP contribution is -2.35. The highest BCUT2D eigenvalue weighted by Gasteiger charge is 2.27. The smallest absolute Gasteiger partial charge is 0.336 e. The summed E-state index contributed by atoms with van der Waals surface area (Å²) in [7, 11) is -3.76. The second-order valence-corrected chi connectivity index (χ2v) is 9.07. The average Bonchev–Trinajstić information content (AvgIpc) is 2.73. The van der Waals surface area contributed by atoms with Gasteiger partial charge in [0.15, 0.2) is 0 Å². The summed E-state index contributed by atoms with van der Waals surface area (Å²) in [6.07, 6.45) is 2.53. The third-order valence-electron chi connectivity index (χ3n) is 5.17. The number of hydrogen-bond donors (Lipinski definition) is 1. The molecule has 0 saturated carbocycles. The van der Waals surface area contributed by atoms with Crippen LogP contribution in [-0.2, 0) is 10.0 Å². The van der Waals surface area contributed by atoms with Crippen LogP contribution in [0.4, 0.5) is 8.78 Å². The minimum Gasteiger partial charge on any atom is -0.478 e. The molecule has 1 saturated heterocycles. The van der Waals surface area contributed by atoms with E-state index in [4.69, 9.17) is 0 Å². The SMILES string of the molecule is O=C(O)c1cc(-c2ccc(F)cc2F)nc2ccc(S(=O)(=O)N3CCCCC3)cc12. The van der Waals surface area contributed by atoms with Crippen molar-refractivity contribution in [2.75, 3.05) is 13.1 Å². The van der Waals surface area contributed by atoms with Crippen LogP contribution in [-0.4, -0.2) is 41.9 Å². The Bertz CT molecular complexity index is 1260. The molecule has 0 spiro atoms. The number of rotatable bonds is 4. The molecular formula is C21H18F2N2O4S. The van der Waals surface area contributed by atoms with E-state index in [0.717, 1.165) is 31.4 Å². The summed E-state index contributed by atoms with van der Waals surface area (Å²) in [6.45, 7) is 0.848. The topological polar surface area (TPSA) is 87.6 Å². The molecule has 4 rings (SSSR count). The molecule has 1 aliphatic rings. The standard InChI is InChI=1S/C21H18F2N2O4S/c22-13-4-6-15(18(23)10-13)20-12-17(21(26)27)16-11-14(5-7-19(16)24-20)30(28,29)25-8-2-1-3-9-25/h4-7,10-12H,1-3,8-9H2,(H,26,27). The lowest BCUT2D eigenvalue weighted by atomic mass is 10.0. The fourth-order valence-corrected chi connectivity index (χ4v) is 5.18. The van der Waals surface area contributed by atoms with Gasteiger partial charge in [0.25, 0.3) is 0 Å². The fourth-order valence-electron chi connectivity index (χ4n) is 3.63. The first-order chi connectivity index (χ1) is 14.3. The van der Waals surface area contributed by atoms with Crippen LogP contribution in [0, 0.1) is 11.6 Å². The van der Waals surface area contributed by atoms with Gasteiger partial charge in [0.1, 0.15) is 11.6 Å². The zero-order valence-corrected chi connectivity index (χ0v) is 16.6. The number of aromatic nitrogens is 1. The van der Waals surface area contributed by atoms with Crippen LogP contribution in [0.5, 0.6) is 0 Å². The van der Waals surface area contributed by atoms with E-state index in [0.29, 0.717) is 19.2 Å². The van der Waals surface area contributed by atoms with Gasteiger partial charge in [-0.25, -0.2) is 27.0 Å². The number of aromatic carboxylic acids is 1. The first kappa shape index (κ1) is 20.4. The largest absolute Gasteiger partial charge is 0.478 e. The van der Waals surface area contributed by atoms with Gasteiger partial charge in [-0.2, -0.15) is 4.31 Å². The van der Waals surface area contributed by atoms with Gasteiger partial charge in [0.05, 0.1) is 21.7 Å². The number of fused-ring (bicyclic) bond motifs is 1. The molecule has 156 valence electrons. The molecule has 2 aromatic carbocycles. The Morgan fingerprint density at radius 3 is 2.40 bits per heavy atom. The molecule has 3 aromatic rings. The Hall–Kier alpha value is -2.91. The van der Waals surface area contributed by atoms with Crippen molar-refractivity contribution in [3.05, 3.63) is 59.7 Å². The van der Waals surface area contributed by atoms with Gasteiger partial charge in [-0.1, -0.05) is 6.42 Å². The summed E-state index contributed by atoms with van der Waals surface area (Å²) in [5.74, 6) is -2.94. The number of carbonyl (C=O) groups is 1. The molecule has 0 bridgehead atoms. The Balaban J connectivity index is 1.86. The van der Waals surface area contributed by atoms with Gasteiger partial charge < -0.3 is 5.11 Å². The molecule has 6 nitrogen and oxygen atoms in total. The Kier molecular flexibility index (Phi) is 5.25. The molecule has 9 heteroatoms. The van der Waals surface area contributed by atoms with E-state index in [1.165, 1.54) is 28.6 Å². The number of hydrogen-bond acceptors (Lipinski definition) is 4. The number of piperidine rings is 1. The van der Waals surface area contributed by atoms with Gasteiger partial charge in [-0.3, -0.25) is 0 Å². The van der Waals surface area contributed by atoms with Crippen LogP contribution in [0.15, 0.2) is 47.4 Å². The van der Waals surface area contributed by atoms with E-state index in [9.17, 15) is 27.1 Å². The van der Waals surface area contributed by atoms with Crippen LogP contribution in [0.2, 0.25) is 0 Å². The molecule has 1 fully saturated rings. The Morgan fingerprint density at radius 1 is 1.00 bits per heavy atom. The summed E-state index contributed by atoms with van der Waals surface area (Å²) < 4.78 is 54.7. The summed E-state index contributed by atoms with van der Waals surface area (Å²) >= 11 is 0. The lowest BCUT2D eigenvalue weighted by molar-refractivity contribution is 0.0699. The van der Waals surface area contributed by atoms with Gasteiger partial charge in [0.2, 0.25) is 10.0 Å². The van der Waals surface area contributed by atoms with Crippen molar-refractivity contribution in [1.82, 2.24) is 9.29 Å². The summed E-state index contributed by atoms with van der Waals surface area (Å²) in [4.78, 5) is 16.1. The van der Waals surface area contributed by atoms with Crippen molar-refractivity contribution in [3.63, 3.8) is 0 Å². The predicted octanol–water partition coefficient (Wildman–Crippen LogP) is 4.05. The average molecular weight is 432 g/mol. The first-order valence-corrected chi connectivity index (χ1v) is 10.8. The molecule has 30 heavy (non-hydrogen) atoms. The number of benzene rings is 2. The summed E-state index contributed by atoms with van der Waals surface area (Å²) in [5, 5.41) is 9.80. The Labute approximate surface area is 171 Å². The molecule has 0 aliphatic carbocycles. The number of carboxylic acids is 1. The molecule has 0 radical (unpaired) electrons. The van der Waals surface area contributed by atoms with Crippen molar-refractivity contribution in [1.29, 1.82) is 0 Å². The molecular weight excluding hydrogens is 414 g/mol. The van der Waals surface area contributed by atoms with Crippen LogP contribution < -0.4 is 0 Å². The highest BCUT2D eigenvalue weighted by Crippen LogP contribution is 2.30. The molecule has 0 atom stereocenters. The van der Waals surface area contributed by atoms with Crippen LogP contribution >= 0.6 is 0 Å². The first-order valence-electron chi connectivity index (χ1n) is 9.41. The highest BCUT2D eigenvalue weighted by atomic mass is 32.2.